The number of rotatable bonds is 3. The van der Waals surface area contributed by atoms with Gasteiger partial charge in [0.15, 0.2) is 0 Å². The van der Waals surface area contributed by atoms with Gasteiger partial charge in [-0.2, -0.15) is 0 Å². The lowest BCUT2D eigenvalue weighted by molar-refractivity contribution is -0.128. The minimum atomic E-state index is -0.428. The number of carbonyl (C=O) groups excluding carboxylic acids is 1. The average Bonchev–Trinajstić information content (AvgIpc) is 2.52. The van der Waals surface area contributed by atoms with Gasteiger partial charge in [0.25, 0.3) is 0 Å². The highest BCUT2D eigenvalue weighted by Gasteiger charge is 2.50. The number of amides is 1. The van der Waals surface area contributed by atoms with E-state index < -0.39 is 5.41 Å². The summed E-state index contributed by atoms with van der Waals surface area (Å²) in [6.07, 6.45) is 0. The monoisotopic (exact) mass is 267 g/mol. The average molecular weight is 267 g/mol. The third kappa shape index (κ3) is 1.78. The summed E-state index contributed by atoms with van der Waals surface area (Å²) in [6.45, 7) is 2.67. The van der Waals surface area contributed by atoms with Crippen molar-refractivity contribution in [3.63, 3.8) is 0 Å². The van der Waals surface area contributed by atoms with Crippen molar-refractivity contribution in [1.82, 2.24) is 0 Å². The smallest absolute Gasteiger partial charge is 0.239 e. The number of ether oxygens (including phenoxy) is 1. The first-order valence-electron chi connectivity index (χ1n) is 6.67. The van der Waals surface area contributed by atoms with Gasteiger partial charge in [-0.1, -0.05) is 42.5 Å². The molecule has 3 rings (SSSR count). The molecule has 3 nitrogen and oxygen atoms in total. The molecule has 0 radical (unpaired) electrons. The fraction of sp³-hybridized carbons (Fsp3) is 0.235. The minimum Gasteiger partial charge on any atom is -0.495 e. The van der Waals surface area contributed by atoms with Crippen LogP contribution in [-0.4, -0.2) is 19.6 Å². The Morgan fingerprint density at radius 2 is 1.70 bits per heavy atom. The van der Waals surface area contributed by atoms with Gasteiger partial charge in [0.2, 0.25) is 5.91 Å². The Kier molecular flexibility index (Phi) is 2.97. The SMILES string of the molecule is COc1ccccc1N1C[C@@](C)(c2ccccc2)C1=O. The maximum atomic E-state index is 12.6. The molecule has 20 heavy (non-hydrogen) atoms. The maximum Gasteiger partial charge on any atom is 0.239 e. The zero-order valence-electron chi connectivity index (χ0n) is 11.7. The fourth-order valence-corrected chi connectivity index (χ4v) is 2.73. The predicted molar refractivity (Wildman–Crippen MR) is 79.1 cm³/mol. The molecule has 1 aliphatic heterocycles. The first kappa shape index (κ1) is 12.7. The van der Waals surface area contributed by atoms with Crippen LogP contribution in [0.4, 0.5) is 5.69 Å². The van der Waals surface area contributed by atoms with Gasteiger partial charge in [-0.15, -0.1) is 0 Å². The number of carbonyl (C=O) groups is 1. The highest BCUT2D eigenvalue weighted by atomic mass is 16.5. The number of β-lactam (4-membered cyclic amide) rings is 1. The Labute approximate surface area is 118 Å². The van der Waals surface area contributed by atoms with Crippen LogP contribution in [0.2, 0.25) is 0 Å². The van der Waals surface area contributed by atoms with Gasteiger partial charge in [-0.25, -0.2) is 0 Å². The molecular formula is C17H17NO2. The van der Waals surface area contributed by atoms with Crippen molar-refractivity contribution in [3.05, 3.63) is 60.2 Å². The van der Waals surface area contributed by atoms with Gasteiger partial charge in [-0.3, -0.25) is 4.79 Å². The van der Waals surface area contributed by atoms with Crippen LogP contribution in [0.5, 0.6) is 5.75 Å². The summed E-state index contributed by atoms with van der Waals surface area (Å²) in [5.74, 6) is 0.851. The van der Waals surface area contributed by atoms with Crippen molar-refractivity contribution >= 4 is 11.6 Å². The van der Waals surface area contributed by atoms with Crippen LogP contribution in [0.15, 0.2) is 54.6 Å². The lowest BCUT2D eigenvalue weighted by Gasteiger charge is -2.47. The number of methoxy groups -OCH3 is 1. The first-order valence-corrected chi connectivity index (χ1v) is 6.67. The van der Waals surface area contributed by atoms with Crippen LogP contribution in [-0.2, 0) is 10.2 Å². The number of nitrogens with zero attached hydrogens (tertiary/aromatic N) is 1. The third-order valence-corrected chi connectivity index (χ3v) is 3.98. The normalized spacial score (nSPS) is 21.5. The van der Waals surface area contributed by atoms with Gasteiger partial charge < -0.3 is 9.64 Å². The van der Waals surface area contributed by atoms with Crippen LogP contribution >= 0.6 is 0 Å². The summed E-state index contributed by atoms with van der Waals surface area (Å²) in [7, 11) is 1.62. The van der Waals surface area contributed by atoms with E-state index in [-0.39, 0.29) is 5.91 Å². The van der Waals surface area contributed by atoms with Crippen LogP contribution in [0, 0.1) is 0 Å². The summed E-state index contributed by atoms with van der Waals surface area (Å²) < 4.78 is 5.33. The van der Waals surface area contributed by atoms with Gasteiger partial charge in [0.05, 0.1) is 18.2 Å². The molecule has 0 saturated carbocycles. The number of benzene rings is 2. The van der Waals surface area contributed by atoms with Gasteiger partial charge in [0.1, 0.15) is 5.75 Å². The standard InChI is InChI=1S/C17H17NO2/c1-17(13-8-4-3-5-9-13)12-18(16(17)19)14-10-6-7-11-15(14)20-2/h3-11H,12H2,1-2H3/t17-/m0/s1. The second-order valence-corrected chi connectivity index (χ2v) is 5.26. The van der Waals surface area contributed by atoms with Gasteiger partial charge >= 0.3 is 0 Å². The lowest BCUT2D eigenvalue weighted by Crippen LogP contribution is -2.63. The molecule has 1 amide bonds. The third-order valence-electron chi connectivity index (χ3n) is 3.98. The summed E-state index contributed by atoms with van der Waals surface area (Å²) >= 11 is 0. The molecule has 0 aromatic heterocycles. The molecule has 1 heterocycles. The van der Waals surface area contributed by atoms with Gasteiger partial charge in [-0.05, 0) is 24.6 Å². The number of anilines is 1. The molecule has 1 fully saturated rings. The Hall–Kier alpha value is -2.29. The van der Waals surface area contributed by atoms with E-state index in [1.165, 1.54) is 0 Å². The van der Waals surface area contributed by atoms with Crippen molar-refractivity contribution in [1.29, 1.82) is 0 Å². The van der Waals surface area contributed by atoms with Gasteiger partial charge in [0, 0.05) is 6.54 Å². The summed E-state index contributed by atoms with van der Waals surface area (Å²) in [6, 6.07) is 17.6. The zero-order chi connectivity index (χ0) is 14.2. The Balaban J connectivity index is 1.90. The van der Waals surface area contributed by atoms with E-state index in [2.05, 4.69) is 0 Å². The molecule has 0 N–H and O–H groups in total. The highest BCUT2D eigenvalue weighted by molar-refractivity contribution is 6.08. The van der Waals surface area contributed by atoms with E-state index in [1.54, 1.807) is 12.0 Å². The largest absolute Gasteiger partial charge is 0.495 e. The molecule has 0 aliphatic carbocycles. The lowest BCUT2D eigenvalue weighted by atomic mass is 9.74. The fourth-order valence-electron chi connectivity index (χ4n) is 2.73. The zero-order valence-corrected chi connectivity index (χ0v) is 11.7. The van der Waals surface area contributed by atoms with E-state index in [9.17, 15) is 4.79 Å². The molecule has 102 valence electrons. The summed E-state index contributed by atoms with van der Waals surface area (Å²) in [4.78, 5) is 14.4. The van der Waals surface area contributed by atoms with E-state index in [0.29, 0.717) is 6.54 Å². The molecule has 1 saturated heterocycles. The quantitative estimate of drug-likeness (QED) is 0.800. The van der Waals surface area contributed by atoms with E-state index in [1.807, 2.05) is 61.5 Å². The molecular weight excluding hydrogens is 250 g/mol. The van der Waals surface area contributed by atoms with Crippen LogP contribution in [0.3, 0.4) is 0 Å². The van der Waals surface area contributed by atoms with E-state index in [4.69, 9.17) is 4.74 Å². The molecule has 2 aromatic carbocycles. The van der Waals surface area contributed by atoms with E-state index >= 15 is 0 Å². The second-order valence-electron chi connectivity index (χ2n) is 5.26. The minimum absolute atomic E-state index is 0.119. The molecule has 0 bridgehead atoms. The molecule has 1 aliphatic rings. The first-order chi connectivity index (χ1) is 9.66. The van der Waals surface area contributed by atoms with Crippen molar-refractivity contribution in [2.45, 2.75) is 12.3 Å². The molecule has 1 atom stereocenters. The van der Waals surface area contributed by atoms with Crippen LogP contribution < -0.4 is 9.64 Å². The van der Waals surface area contributed by atoms with Crippen molar-refractivity contribution < 1.29 is 9.53 Å². The van der Waals surface area contributed by atoms with E-state index in [0.717, 1.165) is 17.0 Å². The predicted octanol–water partition coefficient (Wildman–Crippen LogP) is 3.00. The van der Waals surface area contributed by atoms with Crippen molar-refractivity contribution in [3.8, 4) is 5.75 Å². The van der Waals surface area contributed by atoms with Crippen molar-refractivity contribution in [2.24, 2.45) is 0 Å². The molecule has 2 aromatic rings. The number of hydrogen-bond donors (Lipinski definition) is 0. The van der Waals surface area contributed by atoms with Crippen LogP contribution in [0.1, 0.15) is 12.5 Å². The second kappa shape index (κ2) is 4.67. The Bertz CT molecular complexity index is 638. The molecule has 0 unspecified atom stereocenters. The topological polar surface area (TPSA) is 29.5 Å². The van der Waals surface area contributed by atoms with Crippen molar-refractivity contribution in [2.75, 3.05) is 18.6 Å². The maximum absolute atomic E-state index is 12.6. The number of para-hydroxylation sites is 2. The molecule has 0 spiro atoms. The summed E-state index contributed by atoms with van der Waals surface area (Å²) in [5, 5.41) is 0. The van der Waals surface area contributed by atoms with Crippen LogP contribution in [0.25, 0.3) is 0 Å². The number of hydrogen-bond acceptors (Lipinski definition) is 2. The Morgan fingerprint density at radius 3 is 2.35 bits per heavy atom. The highest BCUT2D eigenvalue weighted by Crippen LogP contribution is 2.41. The Morgan fingerprint density at radius 1 is 1.05 bits per heavy atom. The molecule has 3 heteroatoms. The summed E-state index contributed by atoms with van der Waals surface area (Å²) in [5.41, 5.74) is 1.48.